The maximum Gasteiger partial charge on any atom is 0.265 e. The quantitative estimate of drug-likeness (QED) is 0.646. The second-order valence-corrected chi connectivity index (χ2v) is 10.5. The summed E-state index contributed by atoms with van der Waals surface area (Å²) in [6.07, 6.45) is 10.00. The van der Waals surface area contributed by atoms with Crippen LogP contribution < -0.4 is 5.73 Å². The maximum absolute atomic E-state index is 13.2. The number of aromatic nitrogens is 2. The maximum atomic E-state index is 13.2. The number of oxime groups is 1. The molecule has 3 aliphatic carbocycles. The molecule has 1 unspecified atom stereocenters. The van der Waals surface area contributed by atoms with Crippen molar-refractivity contribution in [3.63, 3.8) is 0 Å². The van der Waals surface area contributed by atoms with Gasteiger partial charge in [0.25, 0.3) is 5.91 Å². The van der Waals surface area contributed by atoms with Crippen molar-refractivity contribution in [2.45, 2.75) is 101 Å². The van der Waals surface area contributed by atoms with Crippen LogP contribution in [0.5, 0.6) is 0 Å². The van der Waals surface area contributed by atoms with Crippen LogP contribution in [0, 0.1) is 0 Å². The summed E-state index contributed by atoms with van der Waals surface area (Å²) in [6.45, 7) is 2.13. The molecule has 8 nitrogen and oxygen atoms in total. The summed E-state index contributed by atoms with van der Waals surface area (Å²) in [7, 11) is 0. The molecule has 2 amide bonds. The molecule has 180 valence electrons. The van der Waals surface area contributed by atoms with E-state index in [0.29, 0.717) is 23.8 Å². The summed E-state index contributed by atoms with van der Waals surface area (Å²) < 4.78 is 2.19. The van der Waals surface area contributed by atoms with Gasteiger partial charge in [0.2, 0.25) is 11.5 Å². The van der Waals surface area contributed by atoms with E-state index in [4.69, 9.17) is 15.7 Å². The Morgan fingerprint density at radius 2 is 1.85 bits per heavy atom. The Hall–Kier alpha value is -2.90. The van der Waals surface area contributed by atoms with Crippen molar-refractivity contribution in [2.24, 2.45) is 10.9 Å². The van der Waals surface area contributed by atoms with E-state index >= 15 is 0 Å². The summed E-state index contributed by atoms with van der Waals surface area (Å²) in [4.78, 5) is 33.4. The molecule has 4 aliphatic rings. The Balaban J connectivity index is 1.27. The van der Waals surface area contributed by atoms with Crippen molar-refractivity contribution in [3.05, 3.63) is 29.5 Å². The molecule has 2 heterocycles. The molecular weight excluding hydrogens is 430 g/mol. The summed E-state index contributed by atoms with van der Waals surface area (Å²) in [5.74, 6) is -0.668. The van der Waals surface area contributed by atoms with E-state index in [1.165, 1.54) is 18.2 Å². The van der Waals surface area contributed by atoms with Crippen LogP contribution in [0.25, 0.3) is 10.9 Å². The third-order valence-electron chi connectivity index (χ3n) is 7.96. The van der Waals surface area contributed by atoms with Gasteiger partial charge < -0.3 is 15.5 Å². The summed E-state index contributed by atoms with van der Waals surface area (Å²) >= 11 is 0. The molecule has 0 saturated heterocycles. The van der Waals surface area contributed by atoms with Gasteiger partial charge in [0.15, 0.2) is 0 Å². The zero-order chi connectivity index (χ0) is 23.4. The molecule has 0 radical (unpaired) electrons. The molecule has 3 saturated carbocycles. The number of aryl methyl sites for hydroxylation is 1. The third kappa shape index (κ3) is 3.67. The number of carbonyl (C=O) groups excluding carboxylic acids is 2. The standard InChI is InChI=1S/C26H33N5O3/c1-2-21-20-12-7-16(13-23(20)31(28-21)19-5-3-4-6-19)22-14-26(25(27)33,34-29-22)15-24(32)30(17-8-9-17)18-10-11-18/h7,12-13,17-19H,2-6,8-11,14-15H2,1H3,(H2,27,33). The molecule has 1 atom stereocenters. The van der Waals surface area contributed by atoms with Crippen LogP contribution in [-0.4, -0.2) is 49.9 Å². The predicted octanol–water partition coefficient (Wildman–Crippen LogP) is 3.61. The summed E-state index contributed by atoms with van der Waals surface area (Å²) in [5.41, 5.74) is 8.15. The second-order valence-electron chi connectivity index (χ2n) is 10.5. The van der Waals surface area contributed by atoms with Crippen LogP contribution in [0.3, 0.4) is 0 Å². The molecule has 8 heteroatoms. The van der Waals surface area contributed by atoms with E-state index < -0.39 is 11.5 Å². The van der Waals surface area contributed by atoms with Crippen molar-refractivity contribution in [3.8, 4) is 0 Å². The van der Waals surface area contributed by atoms with E-state index in [1.54, 1.807) is 0 Å². The number of hydrogen-bond donors (Lipinski definition) is 1. The lowest BCUT2D eigenvalue weighted by Gasteiger charge is -2.28. The van der Waals surface area contributed by atoms with Crippen molar-refractivity contribution in [2.75, 3.05) is 0 Å². The largest absolute Gasteiger partial charge is 0.378 e. The number of benzene rings is 1. The first-order valence-corrected chi connectivity index (χ1v) is 12.9. The number of hydrogen-bond acceptors (Lipinski definition) is 5. The van der Waals surface area contributed by atoms with Crippen molar-refractivity contribution in [1.82, 2.24) is 14.7 Å². The Morgan fingerprint density at radius 3 is 2.47 bits per heavy atom. The normalized spacial score (nSPS) is 24.9. The molecule has 2 aromatic rings. The van der Waals surface area contributed by atoms with Crippen molar-refractivity contribution < 1.29 is 14.4 Å². The lowest BCUT2D eigenvalue weighted by atomic mass is 9.89. The highest BCUT2D eigenvalue weighted by Crippen LogP contribution is 2.40. The molecular formula is C26H33N5O3. The molecule has 1 aromatic carbocycles. The monoisotopic (exact) mass is 463 g/mol. The topological polar surface area (TPSA) is 103 Å². The number of amides is 2. The molecule has 6 rings (SSSR count). The van der Waals surface area contributed by atoms with Gasteiger partial charge in [-0.3, -0.25) is 14.3 Å². The molecule has 34 heavy (non-hydrogen) atoms. The summed E-state index contributed by atoms with van der Waals surface area (Å²) in [5, 5.41) is 10.4. The molecule has 1 aromatic heterocycles. The highest BCUT2D eigenvalue weighted by molar-refractivity contribution is 6.08. The highest BCUT2D eigenvalue weighted by atomic mass is 16.7. The predicted molar refractivity (Wildman–Crippen MR) is 128 cm³/mol. The van der Waals surface area contributed by atoms with Gasteiger partial charge >= 0.3 is 0 Å². The van der Waals surface area contributed by atoms with E-state index in [1.807, 2.05) is 11.0 Å². The SMILES string of the molecule is CCc1nn(C2CCCC2)c2cc(C3=NOC(CC(=O)N(C4CC4)C4CC4)(C(N)=O)C3)ccc12. The average Bonchev–Trinajstić information content (AvgIpc) is 3.70. The number of nitrogens with two attached hydrogens (primary N) is 1. The van der Waals surface area contributed by atoms with E-state index in [0.717, 1.165) is 61.7 Å². The van der Waals surface area contributed by atoms with E-state index in [-0.39, 0.29) is 18.7 Å². The van der Waals surface area contributed by atoms with Crippen molar-refractivity contribution >= 4 is 28.4 Å². The Kier molecular flexibility index (Phi) is 5.15. The van der Waals surface area contributed by atoms with Gasteiger partial charge in [0, 0.05) is 29.5 Å². The Morgan fingerprint density at radius 1 is 1.15 bits per heavy atom. The first kappa shape index (κ1) is 21.6. The molecule has 2 N–H and O–H groups in total. The first-order chi connectivity index (χ1) is 16.5. The third-order valence-corrected chi connectivity index (χ3v) is 7.96. The minimum Gasteiger partial charge on any atom is -0.378 e. The average molecular weight is 464 g/mol. The fraction of sp³-hybridized carbons (Fsp3) is 0.615. The summed E-state index contributed by atoms with van der Waals surface area (Å²) in [6, 6.07) is 7.29. The van der Waals surface area contributed by atoms with Gasteiger partial charge in [-0.15, -0.1) is 0 Å². The minimum absolute atomic E-state index is 0.0393. The van der Waals surface area contributed by atoms with Crippen LogP contribution in [0.1, 0.15) is 88.4 Å². The van der Waals surface area contributed by atoms with Gasteiger partial charge in [-0.2, -0.15) is 5.10 Å². The van der Waals surface area contributed by atoms with Gasteiger partial charge in [0.05, 0.1) is 29.4 Å². The van der Waals surface area contributed by atoms with Crippen LogP contribution >= 0.6 is 0 Å². The lowest BCUT2D eigenvalue weighted by molar-refractivity contribution is -0.151. The number of primary amides is 1. The number of rotatable bonds is 8. The first-order valence-electron chi connectivity index (χ1n) is 12.9. The second kappa shape index (κ2) is 8.10. The Labute approximate surface area is 199 Å². The van der Waals surface area contributed by atoms with Gasteiger partial charge in [0.1, 0.15) is 0 Å². The van der Waals surface area contributed by atoms with Gasteiger partial charge in [-0.1, -0.05) is 37.1 Å². The number of fused-ring (bicyclic) bond motifs is 1. The van der Waals surface area contributed by atoms with E-state index in [2.05, 4.69) is 28.9 Å². The zero-order valence-electron chi connectivity index (χ0n) is 19.8. The van der Waals surface area contributed by atoms with Crippen LogP contribution in [0.15, 0.2) is 23.4 Å². The van der Waals surface area contributed by atoms with Crippen LogP contribution in [0.4, 0.5) is 0 Å². The fourth-order valence-corrected chi connectivity index (χ4v) is 5.76. The lowest BCUT2D eigenvalue weighted by Crippen LogP contribution is -2.49. The van der Waals surface area contributed by atoms with Crippen LogP contribution in [-0.2, 0) is 20.8 Å². The molecule has 3 fully saturated rings. The fourth-order valence-electron chi connectivity index (χ4n) is 5.76. The number of carbonyl (C=O) groups is 2. The van der Waals surface area contributed by atoms with Crippen LogP contribution in [0.2, 0.25) is 0 Å². The van der Waals surface area contributed by atoms with Crippen molar-refractivity contribution in [1.29, 1.82) is 0 Å². The Bertz CT molecular complexity index is 1160. The smallest absolute Gasteiger partial charge is 0.265 e. The zero-order valence-corrected chi connectivity index (χ0v) is 19.8. The number of nitrogens with zero attached hydrogens (tertiary/aromatic N) is 4. The van der Waals surface area contributed by atoms with Gasteiger partial charge in [-0.25, -0.2) is 0 Å². The molecule has 1 aliphatic heterocycles. The minimum atomic E-state index is -1.41. The van der Waals surface area contributed by atoms with Gasteiger partial charge in [-0.05, 0) is 51.0 Å². The molecule has 0 bridgehead atoms. The van der Waals surface area contributed by atoms with E-state index in [9.17, 15) is 9.59 Å². The highest BCUT2D eigenvalue weighted by Gasteiger charge is 2.51. The molecule has 0 spiro atoms.